The first-order chi connectivity index (χ1) is 9.34. The molecule has 0 atom stereocenters. The fourth-order valence-corrected chi connectivity index (χ4v) is 2.14. The van der Waals surface area contributed by atoms with E-state index in [9.17, 15) is 13.2 Å². The summed E-state index contributed by atoms with van der Waals surface area (Å²) in [6.07, 6.45) is -4.36. The van der Waals surface area contributed by atoms with Crippen LogP contribution in [0.3, 0.4) is 0 Å². The van der Waals surface area contributed by atoms with Gasteiger partial charge in [0.15, 0.2) is 5.82 Å². The number of aromatic nitrogens is 4. The summed E-state index contributed by atoms with van der Waals surface area (Å²) < 4.78 is 39.6. The summed E-state index contributed by atoms with van der Waals surface area (Å²) in [5.74, 6) is 0.502. The van der Waals surface area contributed by atoms with Gasteiger partial charge in [-0.3, -0.25) is 4.68 Å². The van der Waals surface area contributed by atoms with Crippen molar-refractivity contribution in [3.8, 4) is 11.5 Å². The predicted octanol–water partition coefficient (Wildman–Crippen LogP) is 3.29. The van der Waals surface area contributed by atoms with Crippen LogP contribution < -0.4 is 0 Å². The fraction of sp³-hybridized carbons (Fsp3) is 0.231. The van der Waals surface area contributed by atoms with Crippen molar-refractivity contribution in [3.05, 3.63) is 35.5 Å². The third-order valence-electron chi connectivity index (χ3n) is 3.05. The molecule has 104 valence electrons. The van der Waals surface area contributed by atoms with Crippen LogP contribution in [0.1, 0.15) is 11.3 Å². The van der Waals surface area contributed by atoms with E-state index in [0.29, 0.717) is 16.9 Å². The SMILES string of the molecule is Cc1cc(-c2nc3ccc(C(F)(F)F)cc3[nH]2)n(C)n1. The monoisotopic (exact) mass is 280 g/mol. The molecule has 2 aromatic heterocycles. The highest BCUT2D eigenvalue weighted by molar-refractivity contribution is 5.79. The number of fused-ring (bicyclic) bond motifs is 1. The molecule has 0 saturated heterocycles. The van der Waals surface area contributed by atoms with Gasteiger partial charge in [0.25, 0.3) is 0 Å². The number of aryl methyl sites for hydroxylation is 2. The first kappa shape index (κ1) is 12.7. The maximum Gasteiger partial charge on any atom is 0.416 e. The Balaban J connectivity index is 2.14. The van der Waals surface area contributed by atoms with Crippen LogP contribution in [0, 0.1) is 6.92 Å². The molecule has 0 spiro atoms. The molecule has 4 nitrogen and oxygen atoms in total. The molecule has 1 aromatic carbocycles. The van der Waals surface area contributed by atoms with E-state index in [1.165, 1.54) is 6.07 Å². The highest BCUT2D eigenvalue weighted by Crippen LogP contribution is 2.31. The Morgan fingerprint density at radius 3 is 2.55 bits per heavy atom. The van der Waals surface area contributed by atoms with Crippen LogP contribution in [0.5, 0.6) is 0 Å². The highest BCUT2D eigenvalue weighted by atomic mass is 19.4. The number of alkyl halides is 3. The second-order valence-corrected chi connectivity index (χ2v) is 4.61. The standard InChI is InChI=1S/C13H11F3N4/c1-7-5-11(20(2)19-7)12-17-9-4-3-8(13(14,15)16)6-10(9)18-12/h3-6H,1-2H3,(H,17,18). The number of H-pyrrole nitrogens is 1. The van der Waals surface area contributed by atoms with E-state index >= 15 is 0 Å². The number of nitrogens with zero attached hydrogens (tertiary/aromatic N) is 3. The lowest BCUT2D eigenvalue weighted by Crippen LogP contribution is -2.04. The third-order valence-corrected chi connectivity index (χ3v) is 3.05. The molecule has 7 heteroatoms. The molecule has 0 amide bonds. The maximum absolute atomic E-state index is 12.7. The van der Waals surface area contributed by atoms with E-state index in [4.69, 9.17) is 0 Å². The molecule has 0 fully saturated rings. The van der Waals surface area contributed by atoms with E-state index in [2.05, 4.69) is 15.1 Å². The second kappa shape index (κ2) is 4.09. The number of halogens is 3. The highest BCUT2D eigenvalue weighted by Gasteiger charge is 2.30. The molecule has 0 saturated carbocycles. The number of hydrogen-bond acceptors (Lipinski definition) is 2. The summed E-state index contributed by atoms with van der Waals surface area (Å²) >= 11 is 0. The molecule has 3 rings (SSSR count). The molecule has 0 aliphatic carbocycles. The summed E-state index contributed by atoms with van der Waals surface area (Å²) in [5, 5.41) is 4.19. The molecular formula is C13H11F3N4. The van der Waals surface area contributed by atoms with Crippen molar-refractivity contribution in [1.29, 1.82) is 0 Å². The van der Waals surface area contributed by atoms with E-state index in [1.54, 1.807) is 11.7 Å². The van der Waals surface area contributed by atoms with Crippen molar-refractivity contribution in [2.75, 3.05) is 0 Å². The van der Waals surface area contributed by atoms with Crippen molar-refractivity contribution in [1.82, 2.24) is 19.7 Å². The lowest BCUT2D eigenvalue weighted by molar-refractivity contribution is -0.137. The molecule has 1 N–H and O–H groups in total. The second-order valence-electron chi connectivity index (χ2n) is 4.61. The molecular weight excluding hydrogens is 269 g/mol. The zero-order chi connectivity index (χ0) is 14.5. The molecule has 20 heavy (non-hydrogen) atoms. The Kier molecular flexibility index (Phi) is 2.60. The van der Waals surface area contributed by atoms with Crippen LogP contribution >= 0.6 is 0 Å². The molecule has 3 aromatic rings. The topological polar surface area (TPSA) is 46.5 Å². The van der Waals surface area contributed by atoms with Gasteiger partial charge in [-0.2, -0.15) is 18.3 Å². The number of hydrogen-bond donors (Lipinski definition) is 1. The number of benzene rings is 1. The molecule has 2 heterocycles. The Hall–Kier alpha value is -2.31. The predicted molar refractivity (Wildman–Crippen MR) is 68.0 cm³/mol. The van der Waals surface area contributed by atoms with Gasteiger partial charge >= 0.3 is 6.18 Å². The van der Waals surface area contributed by atoms with Crippen molar-refractivity contribution in [3.63, 3.8) is 0 Å². The molecule has 0 bridgehead atoms. The van der Waals surface area contributed by atoms with Gasteiger partial charge in [0.2, 0.25) is 0 Å². The zero-order valence-corrected chi connectivity index (χ0v) is 10.8. The molecule has 0 aliphatic heterocycles. The molecule has 0 unspecified atom stereocenters. The van der Waals surface area contributed by atoms with Crippen LogP contribution in [0.2, 0.25) is 0 Å². The number of aromatic amines is 1. The van der Waals surface area contributed by atoms with Gasteiger partial charge in [0.05, 0.1) is 22.3 Å². The first-order valence-corrected chi connectivity index (χ1v) is 5.92. The minimum absolute atomic E-state index is 0.355. The van der Waals surface area contributed by atoms with Crippen LogP contribution in [-0.2, 0) is 13.2 Å². The van der Waals surface area contributed by atoms with E-state index < -0.39 is 11.7 Å². The summed E-state index contributed by atoms with van der Waals surface area (Å²) in [7, 11) is 1.76. The Labute approximate surface area is 112 Å². The average Bonchev–Trinajstić information content (AvgIpc) is 2.89. The summed E-state index contributed by atoms with van der Waals surface area (Å²) in [5.41, 5.74) is 1.70. The number of rotatable bonds is 1. The number of imidazole rings is 1. The van der Waals surface area contributed by atoms with Gasteiger partial charge in [-0.15, -0.1) is 0 Å². The maximum atomic E-state index is 12.7. The van der Waals surface area contributed by atoms with Gasteiger partial charge in [0, 0.05) is 7.05 Å². The van der Waals surface area contributed by atoms with Crippen molar-refractivity contribution >= 4 is 11.0 Å². The van der Waals surface area contributed by atoms with Crippen LogP contribution in [-0.4, -0.2) is 19.7 Å². The van der Waals surface area contributed by atoms with E-state index in [-0.39, 0.29) is 0 Å². The lowest BCUT2D eigenvalue weighted by Gasteiger charge is -2.05. The Bertz CT molecular complexity index is 783. The lowest BCUT2D eigenvalue weighted by atomic mass is 10.2. The summed E-state index contributed by atoms with van der Waals surface area (Å²) in [6, 6.07) is 5.28. The third kappa shape index (κ3) is 2.04. The average molecular weight is 280 g/mol. The summed E-state index contributed by atoms with van der Waals surface area (Å²) in [4.78, 5) is 7.20. The zero-order valence-electron chi connectivity index (χ0n) is 10.8. The summed E-state index contributed by atoms with van der Waals surface area (Å²) in [6.45, 7) is 1.84. The smallest absolute Gasteiger partial charge is 0.337 e. The van der Waals surface area contributed by atoms with Gasteiger partial charge in [-0.25, -0.2) is 4.98 Å². The molecule has 0 radical (unpaired) electrons. The fourth-order valence-electron chi connectivity index (χ4n) is 2.14. The van der Waals surface area contributed by atoms with Crippen LogP contribution in [0.25, 0.3) is 22.6 Å². The minimum Gasteiger partial charge on any atom is -0.337 e. The first-order valence-electron chi connectivity index (χ1n) is 5.92. The quantitative estimate of drug-likeness (QED) is 0.743. The Morgan fingerprint density at radius 1 is 1.20 bits per heavy atom. The van der Waals surface area contributed by atoms with E-state index in [1.807, 2.05) is 13.0 Å². The van der Waals surface area contributed by atoms with Gasteiger partial charge in [-0.1, -0.05) is 0 Å². The van der Waals surface area contributed by atoms with Crippen molar-refractivity contribution < 1.29 is 13.2 Å². The van der Waals surface area contributed by atoms with Gasteiger partial charge < -0.3 is 4.98 Å². The normalized spacial score (nSPS) is 12.2. The van der Waals surface area contributed by atoms with Gasteiger partial charge in [-0.05, 0) is 31.2 Å². The van der Waals surface area contributed by atoms with E-state index in [0.717, 1.165) is 23.5 Å². The van der Waals surface area contributed by atoms with Crippen molar-refractivity contribution in [2.45, 2.75) is 13.1 Å². The molecule has 0 aliphatic rings. The van der Waals surface area contributed by atoms with Gasteiger partial charge in [0.1, 0.15) is 5.69 Å². The largest absolute Gasteiger partial charge is 0.416 e. The van der Waals surface area contributed by atoms with Crippen molar-refractivity contribution in [2.24, 2.45) is 7.05 Å². The minimum atomic E-state index is -4.36. The number of nitrogens with one attached hydrogen (secondary N) is 1. The van der Waals surface area contributed by atoms with Crippen LogP contribution in [0.4, 0.5) is 13.2 Å². The Morgan fingerprint density at radius 2 is 1.95 bits per heavy atom. The van der Waals surface area contributed by atoms with Crippen LogP contribution in [0.15, 0.2) is 24.3 Å².